The van der Waals surface area contributed by atoms with E-state index < -0.39 is 0 Å². The van der Waals surface area contributed by atoms with Gasteiger partial charge in [0.25, 0.3) is 0 Å². The minimum absolute atomic E-state index is 0.133. The summed E-state index contributed by atoms with van der Waals surface area (Å²) >= 11 is 3.68. The summed E-state index contributed by atoms with van der Waals surface area (Å²) in [6.07, 6.45) is 1.77. The van der Waals surface area contributed by atoms with Crippen LogP contribution in [-0.4, -0.2) is 0 Å². The molecule has 1 unspecified atom stereocenters. The number of benzene rings is 2. The molecular formula is C19H22BrF. The Morgan fingerprint density at radius 2 is 1.67 bits per heavy atom. The second-order valence-electron chi connectivity index (χ2n) is 6.12. The summed E-state index contributed by atoms with van der Waals surface area (Å²) in [5, 5.41) is 0. The molecule has 112 valence electrons. The number of hydrogen-bond donors (Lipinski definition) is 0. The van der Waals surface area contributed by atoms with E-state index in [-0.39, 0.29) is 16.1 Å². The first-order chi connectivity index (χ1) is 9.94. The van der Waals surface area contributed by atoms with Crippen molar-refractivity contribution in [3.63, 3.8) is 0 Å². The second-order valence-corrected chi connectivity index (χ2v) is 7.23. The SMILES string of the molecule is CCC(C)(C)c1ccc(C(Br)Cc2ccccc2F)cc1. The molecule has 0 N–H and O–H groups in total. The van der Waals surface area contributed by atoms with Crippen LogP contribution in [0.1, 0.15) is 48.7 Å². The molecule has 0 aliphatic heterocycles. The van der Waals surface area contributed by atoms with Crippen LogP contribution >= 0.6 is 15.9 Å². The van der Waals surface area contributed by atoms with E-state index in [1.54, 1.807) is 6.07 Å². The van der Waals surface area contributed by atoms with Gasteiger partial charge in [0, 0.05) is 4.83 Å². The molecule has 0 aliphatic carbocycles. The summed E-state index contributed by atoms with van der Waals surface area (Å²) in [5.41, 5.74) is 3.48. The first kappa shape index (κ1) is 16.2. The predicted octanol–water partition coefficient (Wildman–Crippen LogP) is 6.19. The smallest absolute Gasteiger partial charge is 0.126 e. The average molecular weight is 349 g/mol. The number of halogens is 2. The average Bonchev–Trinajstić information content (AvgIpc) is 2.49. The Hall–Kier alpha value is -1.15. The Morgan fingerprint density at radius 3 is 2.24 bits per heavy atom. The van der Waals surface area contributed by atoms with Crippen molar-refractivity contribution in [1.29, 1.82) is 0 Å². The fourth-order valence-corrected chi connectivity index (χ4v) is 2.98. The van der Waals surface area contributed by atoms with Crippen LogP contribution in [0.2, 0.25) is 0 Å². The summed E-state index contributed by atoms with van der Waals surface area (Å²) in [7, 11) is 0. The summed E-state index contributed by atoms with van der Waals surface area (Å²) in [6, 6.07) is 15.6. The Labute approximate surface area is 135 Å². The molecule has 0 spiro atoms. The lowest BCUT2D eigenvalue weighted by molar-refractivity contribution is 0.506. The third kappa shape index (κ3) is 3.94. The van der Waals surface area contributed by atoms with Crippen molar-refractivity contribution in [2.45, 2.75) is 43.9 Å². The zero-order chi connectivity index (χ0) is 15.5. The zero-order valence-corrected chi connectivity index (χ0v) is 14.5. The molecule has 0 aliphatic rings. The highest BCUT2D eigenvalue weighted by atomic mass is 79.9. The fraction of sp³-hybridized carbons (Fsp3) is 0.368. The normalized spacial score (nSPS) is 13.2. The van der Waals surface area contributed by atoms with Gasteiger partial charge in [-0.1, -0.05) is 79.2 Å². The Morgan fingerprint density at radius 1 is 1.05 bits per heavy atom. The molecule has 0 fully saturated rings. The molecule has 0 aromatic heterocycles. The number of hydrogen-bond acceptors (Lipinski definition) is 0. The molecule has 1 atom stereocenters. The van der Waals surface area contributed by atoms with Gasteiger partial charge in [0.15, 0.2) is 0 Å². The molecule has 0 heterocycles. The van der Waals surface area contributed by atoms with Crippen LogP contribution in [-0.2, 0) is 11.8 Å². The molecule has 0 nitrogen and oxygen atoms in total. The van der Waals surface area contributed by atoms with E-state index >= 15 is 0 Å². The van der Waals surface area contributed by atoms with Crippen LogP contribution in [0.3, 0.4) is 0 Å². The summed E-state index contributed by atoms with van der Waals surface area (Å²) in [6.45, 7) is 6.72. The van der Waals surface area contributed by atoms with E-state index in [2.05, 4.69) is 61.0 Å². The van der Waals surface area contributed by atoms with Gasteiger partial charge in [-0.15, -0.1) is 0 Å². The van der Waals surface area contributed by atoms with Gasteiger partial charge in [-0.05, 0) is 41.0 Å². The lowest BCUT2D eigenvalue weighted by Crippen LogP contribution is -2.15. The van der Waals surface area contributed by atoms with Gasteiger partial charge >= 0.3 is 0 Å². The van der Waals surface area contributed by atoms with Gasteiger partial charge in [0.05, 0.1) is 0 Å². The van der Waals surface area contributed by atoms with Crippen molar-refractivity contribution in [1.82, 2.24) is 0 Å². The molecule has 0 radical (unpaired) electrons. The molecule has 2 aromatic carbocycles. The van der Waals surface area contributed by atoms with Gasteiger partial charge in [-0.25, -0.2) is 4.39 Å². The van der Waals surface area contributed by atoms with Gasteiger partial charge in [0.1, 0.15) is 5.82 Å². The van der Waals surface area contributed by atoms with Crippen LogP contribution in [0.5, 0.6) is 0 Å². The van der Waals surface area contributed by atoms with Crippen LogP contribution in [0.4, 0.5) is 4.39 Å². The fourth-order valence-electron chi connectivity index (χ4n) is 2.32. The third-order valence-electron chi connectivity index (χ3n) is 4.29. The van der Waals surface area contributed by atoms with E-state index in [0.29, 0.717) is 6.42 Å². The molecule has 0 bridgehead atoms. The van der Waals surface area contributed by atoms with Crippen molar-refractivity contribution < 1.29 is 4.39 Å². The number of rotatable bonds is 5. The van der Waals surface area contributed by atoms with Crippen LogP contribution in [0, 0.1) is 5.82 Å². The van der Waals surface area contributed by atoms with Crippen molar-refractivity contribution in [3.8, 4) is 0 Å². The first-order valence-corrected chi connectivity index (χ1v) is 8.33. The topological polar surface area (TPSA) is 0 Å². The minimum Gasteiger partial charge on any atom is -0.207 e. The molecule has 2 aromatic rings. The van der Waals surface area contributed by atoms with Crippen molar-refractivity contribution >= 4 is 15.9 Å². The highest BCUT2D eigenvalue weighted by Crippen LogP contribution is 2.31. The Bertz CT molecular complexity index is 587. The lowest BCUT2D eigenvalue weighted by atomic mass is 9.82. The maximum absolute atomic E-state index is 13.7. The quantitative estimate of drug-likeness (QED) is 0.565. The van der Waals surface area contributed by atoms with Crippen LogP contribution < -0.4 is 0 Å². The Kier molecular flexibility index (Phi) is 5.21. The van der Waals surface area contributed by atoms with E-state index in [0.717, 1.165) is 12.0 Å². The summed E-state index contributed by atoms with van der Waals surface area (Å²) in [4.78, 5) is 0.133. The largest absolute Gasteiger partial charge is 0.207 e. The van der Waals surface area contributed by atoms with E-state index in [1.807, 2.05) is 12.1 Å². The maximum Gasteiger partial charge on any atom is 0.126 e. The van der Waals surface area contributed by atoms with Crippen LogP contribution in [0.25, 0.3) is 0 Å². The molecule has 21 heavy (non-hydrogen) atoms. The monoisotopic (exact) mass is 348 g/mol. The molecular weight excluding hydrogens is 327 g/mol. The molecule has 0 saturated heterocycles. The zero-order valence-electron chi connectivity index (χ0n) is 12.9. The molecule has 2 rings (SSSR count). The minimum atomic E-state index is -0.134. The predicted molar refractivity (Wildman–Crippen MR) is 91.5 cm³/mol. The summed E-state index contributed by atoms with van der Waals surface area (Å²) < 4.78 is 13.7. The molecule has 0 amide bonds. The van der Waals surface area contributed by atoms with E-state index in [9.17, 15) is 4.39 Å². The van der Waals surface area contributed by atoms with Gasteiger partial charge in [-0.3, -0.25) is 0 Å². The van der Waals surface area contributed by atoms with Crippen molar-refractivity contribution in [3.05, 3.63) is 71.0 Å². The molecule has 2 heteroatoms. The van der Waals surface area contributed by atoms with E-state index in [4.69, 9.17) is 0 Å². The van der Waals surface area contributed by atoms with Gasteiger partial charge in [-0.2, -0.15) is 0 Å². The highest BCUT2D eigenvalue weighted by molar-refractivity contribution is 9.09. The Balaban J connectivity index is 2.14. The van der Waals surface area contributed by atoms with Crippen molar-refractivity contribution in [2.24, 2.45) is 0 Å². The highest BCUT2D eigenvalue weighted by Gasteiger charge is 2.18. The maximum atomic E-state index is 13.7. The molecule has 0 saturated carbocycles. The first-order valence-electron chi connectivity index (χ1n) is 7.42. The second kappa shape index (κ2) is 6.74. The summed E-state index contributed by atoms with van der Waals surface area (Å²) in [5.74, 6) is -0.134. The van der Waals surface area contributed by atoms with Crippen LogP contribution in [0.15, 0.2) is 48.5 Å². The van der Waals surface area contributed by atoms with Gasteiger partial charge in [0.2, 0.25) is 0 Å². The van der Waals surface area contributed by atoms with Gasteiger partial charge < -0.3 is 0 Å². The lowest BCUT2D eigenvalue weighted by Gasteiger charge is -2.24. The standard InChI is InChI=1S/C19H22BrF/c1-4-19(2,3)16-11-9-14(10-12-16)17(20)13-15-7-5-6-8-18(15)21/h5-12,17H,4,13H2,1-3H3. The van der Waals surface area contributed by atoms with E-state index in [1.165, 1.54) is 17.2 Å². The number of alkyl halides is 1. The van der Waals surface area contributed by atoms with Crippen molar-refractivity contribution in [2.75, 3.05) is 0 Å². The third-order valence-corrected chi connectivity index (χ3v) is 5.15.